The van der Waals surface area contributed by atoms with Crippen molar-refractivity contribution in [2.45, 2.75) is 47.0 Å². The van der Waals surface area contributed by atoms with Gasteiger partial charge in [0.15, 0.2) is 7.65 Å². The Bertz CT molecular complexity index is 436. The minimum Gasteiger partial charge on any atom is -0.0790 e. The number of hydrogen-bond donors (Lipinski definition) is 0. The maximum Gasteiger partial charge on any atom is 0.349 e. The number of halogens is 1. The third kappa shape index (κ3) is 6.95. The zero-order valence-electron chi connectivity index (χ0n) is 13.0. The van der Waals surface area contributed by atoms with E-state index in [0.29, 0.717) is 0 Å². The van der Waals surface area contributed by atoms with E-state index in [4.69, 9.17) is 0 Å². The lowest BCUT2D eigenvalue weighted by Crippen LogP contribution is -3.59. The van der Waals surface area contributed by atoms with Gasteiger partial charge in [0.2, 0.25) is 0 Å². The van der Waals surface area contributed by atoms with E-state index in [1.54, 1.807) is 0 Å². The molecule has 0 spiro atoms. The number of hydrogen-bond acceptors (Lipinski definition) is 0. The molecule has 19 heavy (non-hydrogen) atoms. The van der Waals surface area contributed by atoms with Crippen molar-refractivity contribution in [3.63, 3.8) is 0 Å². The van der Waals surface area contributed by atoms with E-state index in [-0.39, 0.29) is 32.0 Å². The Labute approximate surface area is 129 Å². The quantitative estimate of drug-likeness (QED) is 0.567. The van der Waals surface area contributed by atoms with Crippen molar-refractivity contribution in [1.82, 2.24) is 0 Å². The van der Waals surface area contributed by atoms with E-state index in [9.17, 15) is 0 Å². The van der Waals surface area contributed by atoms with Gasteiger partial charge >= 0.3 is 21.2 Å². The molecule has 0 saturated carbocycles. The highest BCUT2D eigenvalue weighted by Crippen LogP contribution is 2.20. The maximum absolute atomic E-state index is 2.33. The molecule has 1 aromatic rings. The monoisotopic (exact) mass is 369 g/mol. The smallest absolute Gasteiger partial charge is 0.0790 e. The molecular weight excluding hydrogens is 343 g/mol. The summed E-state index contributed by atoms with van der Waals surface area (Å²) in [7, 11) is 0. The first-order valence-electron chi connectivity index (χ1n) is 6.77. The summed E-state index contributed by atoms with van der Waals surface area (Å²) in [5.74, 6) is 0. The topological polar surface area (TPSA) is 0 Å². The second-order valence-electron chi connectivity index (χ2n) is 6.91. The van der Waals surface area contributed by atoms with Crippen LogP contribution in [0.4, 0.5) is 0 Å². The minimum atomic E-state index is -0.00377. The molecule has 104 valence electrons. The molecule has 0 nitrogen and oxygen atoms in total. The van der Waals surface area contributed by atoms with E-state index in [1.165, 1.54) is 9.13 Å². The molecule has 0 unspecified atom stereocenters. The fraction of sp³-hybridized carbons (Fsp3) is 0.444. The lowest BCUT2D eigenvalue weighted by atomic mass is 9.87. The molecule has 0 fully saturated rings. The maximum atomic E-state index is 2.33. The average Bonchev–Trinajstić information content (AvgIpc) is 2.26. The summed E-state index contributed by atoms with van der Waals surface area (Å²) in [4.78, 5) is 0. The average molecular weight is 369 g/mol. The Hall–Kier alpha value is -0.570. The molecule has 0 aromatic heterocycles. The van der Waals surface area contributed by atoms with E-state index in [1.807, 2.05) is 0 Å². The fourth-order valence-electron chi connectivity index (χ4n) is 1.52. The molecule has 0 N–H and O–H groups in total. The van der Waals surface area contributed by atoms with Crippen LogP contribution in [-0.4, -0.2) is 0 Å². The minimum absolute atomic E-state index is 0.00377. The summed E-state index contributed by atoms with van der Waals surface area (Å²) in [5, 5.41) is 0. The van der Waals surface area contributed by atoms with E-state index < -0.39 is 0 Å². The zero-order chi connectivity index (χ0) is 14.5. The van der Waals surface area contributed by atoms with Gasteiger partial charge in [0.1, 0.15) is 0 Å². The third-order valence-corrected chi connectivity index (χ3v) is 4.89. The van der Waals surface area contributed by atoms with Gasteiger partial charge in [-0.1, -0.05) is 65.8 Å². The molecule has 0 aliphatic rings. The van der Waals surface area contributed by atoms with Crippen LogP contribution in [0.15, 0.2) is 46.6 Å². The van der Waals surface area contributed by atoms with Crippen molar-refractivity contribution < 1.29 is 21.2 Å². The fourth-order valence-corrected chi connectivity index (χ4v) is 3.16. The van der Waals surface area contributed by atoms with Gasteiger partial charge < -0.3 is 0 Å². The Morgan fingerprint density at radius 2 is 1.42 bits per heavy atom. The highest BCUT2D eigenvalue weighted by molar-refractivity contribution is 5.22. The van der Waals surface area contributed by atoms with Crippen molar-refractivity contribution in [1.29, 1.82) is 0 Å². The molecule has 0 aliphatic heterocycles. The highest BCUT2D eigenvalue weighted by atomic mass is 127. The van der Waals surface area contributed by atoms with Gasteiger partial charge in [-0.3, -0.25) is 0 Å². The molecule has 1 aromatic carbocycles. The summed E-state index contributed by atoms with van der Waals surface area (Å²) in [6.07, 6.45) is 6.61. The first kappa shape index (κ1) is 16.5. The molecule has 0 saturated heterocycles. The molecule has 0 aliphatic carbocycles. The lowest BCUT2D eigenvalue weighted by molar-refractivity contribution is -0.556. The first-order chi connectivity index (χ1) is 8.68. The summed E-state index contributed by atoms with van der Waals surface area (Å²) in [6.45, 7) is 13.4. The highest BCUT2D eigenvalue weighted by Gasteiger charge is 2.15. The summed E-state index contributed by atoms with van der Waals surface area (Å²) >= 11 is -0.00377. The number of allylic oxidation sites excluding steroid dienone is 3. The normalized spacial score (nSPS) is 13.6. The predicted molar refractivity (Wildman–Crippen MR) is 81.6 cm³/mol. The van der Waals surface area contributed by atoms with Crippen LogP contribution in [0.25, 0.3) is 0 Å². The summed E-state index contributed by atoms with van der Waals surface area (Å²) in [6, 6.07) is 9.11. The van der Waals surface area contributed by atoms with Gasteiger partial charge in [0.25, 0.3) is 0 Å². The number of rotatable bonds is 3. The molecule has 0 amide bonds. The third-order valence-electron chi connectivity index (χ3n) is 2.68. The predicted octanol–water partition coefficient (Wildman–Crippen LogP) is 2.36. The molecule has 0 atom stereocenters. The summed E-state index contributed by atoms with van der Waals surface area (Å²) < 4.78 is 3.81. The van der Waals surface area contributed by atoms with Crippen molar-refractivity contribution in [3.8, 4) is 0 Å². The van der Waals surface area contributed by atoms with Crippen molar-refractivity contribution in [3.05, 3.63) is 55.7 Å². The second-order valence-corrected chi connectivity index (χ2v) is 9.50. The van der Waals surface area contributed by atoms with Crippen LogP contribution in [-0.2, 0) is 5.41 Å². The lowest BCUT2D eigenvalue weighted by Gasteiger charge is -2.18. The second kappa shape index (κ2) is 6.74. The van der Waals surface area contributed by atoms with Gasteiger partial charge in [0.05, 0.1) is 0 Å². The van der Waals surface area contributed by atoms with Crippen LogP contribution in [0.1, 0.15) is 47.1 Å². The van der Waals surface area contributed by atoms with E-state index >= 15 is 0 Å². The Kier molecular flexibility index (Phi) is 5.84. The molecular formula is C18H26I+. The van der Waals surface area contributed by atoms with Crippen LogP contribution in [0.2, 0.25) is 0 Å². The van der Waals surface area contributed by atoms with Crippen LogP contribution in [0.3, 0.4) is 0 Å². The number of benzene rings is 1. The van der Waals surface area contributed by atoms with Gasteiger partial charge in [-0.25, -0.2) is 0 Å². The van der Waals surface area contributed by atoms with E-state index in [2.05, 4.69) is 88.1 Å². The van der Waals surface area contributed by atoms with Crippen LogP contribution >= 0.6 is 0 Å². The van der Waals surface area contributed by atoms with Crippen LogP contribution in [0.5, 0.6) is 0 Å². The SMILES string of the molecule is CC(C)(C)/C=C/C=C/[I+]c1ccc(C(C)(C)C)cc1. The van der Waals surface area contributed by atoms with Crippen molar-refractivity contribution >= 4 is 0 Å². The van der Waals surface area contributed by atoms with Gasteiger partial charge in [0, 0.05) is 0 Å². The van der Waals surface area contributed by atoms with Crippen molar-refractivity contribution in [2.75, 3.05) is 0 Å². The molecule has 1 rings (SSSR count). The Balaban J connectivity index is 2.56. The van der Waals surface area contributed by atoms with E-state index in [0.717, 1.165) is 0 Å². The van der Waals surface area contributed by atoms with Crippen LogP contribution in [0, 0.1) is 8.99 Å². The molecule has 1 heteroatoms. The van der Waals surface area contributed by atoms with Gasteiger partial charge in [-0.2, -0.15) is 0 Å². The van der Waals surface area contributed by atoms with Crippen LogP contribution < -0.4 is 21.2 Å². The molecule has 0 radical (unpaired) electrons. The molecule has 0 bridgehead atoms. The first-order valence-corrected chi connectivity index (χ1v) is 9.09. The Morgan fingerprint density at radius 1 is 0.842 bits per heavy atom. The Morgan fingerprint density at radius 3 is 1.89 bits per heavy atom. The van der Waals surface area contributed by atoms with Crippen molar-refractivity contribution in [2.24, 2.45) is 5.41 Å². The zero-order valence-corrected chi connectivity index (χ0v) is 15.2. The largest absolute Gasteiger partial charge is 0.349 e. The summed E-state index contributed by atoms with van der Waals surface area (Å²) in [5.41, 5.74) is 1.94. The standard InChI is InChI=1S/C18H26I/c1-17(2,3)13-7-8-14-19-16-11-9-15(10-12-16)18(4,5)6/h7-14H,1-6H3/q+1/b13-7+,14-8+. The molecule has 0 heterocycles. The van der Waals surface area contributed by atoms with Gasteiger partial charge in [-0.15, -0.1) is 0 Å². The van der Waals surface area contributed by atoms with Gasteiger partial charge in [-0.05, 0) is 34.6 Å².